The first kappa shape index (κ1) is 18.5. The van der Waals surface area contributed by atoms with Crippen LogP contribution in [0, 0.1) is 0 Å². The Labute approximate surface area is 148 Å². The van der Waals surface area contributed by atoms with E-state index in [0.29, 0.717) is 19.4 Å². The fraction of sp³-hybridized carbons (Fsp3) is 0.238. The van der Waals surface area contributed by atoms with Crippen LogP contribution in [0.2, 0.25) is 0 Å². The van der Waals surface area contributed by atoms with Crippen molar-refractivity contribution < 1.29 is 14.3 Å². The summed E-state index contributed by atoms with van der Waals surface area (Å²) in [5.74, 6) is -0.354. The topological polar surface area (TPSA) is 55.4 Å². The van der Waals surface area contributed by atoms with Gasteiger partial charge in [0.05, 0.1) is 7.11 Å². The number of esters is 1. The van der Waals surface area contributed by atoms with E-state index < -0.39 is 0 Å². The Hall–Kier alpha value is -2.88. The van der Waals surface area contributed by atoms with Crippen LogP contribution in [0.25, 0.3) is 17.2 Å². The molecule has 0 saturated carbocycles. The maximum absolute atomic E-state index is 11.8. The van der Waals surface area contributed by atoms with E-state index in [1.165, 1.54) is 13.2 Å². The van der Waals surface area contributed by atoms with Crippen LogP contribution in [0.4, 0.5) is 0 Å². The second-order valence-electron chi connectivity index (χ2n) is 5.65. The van der Waals surface area contributed by atoms with Crippen LogP contribution in [-0.4, -0.2) is 25.5 Å². The molecule has 1 amide bonds. The van der Waals surface area contributed by atoms with Crippen LogP contribution in [-0.2, 0) is 14.3 Å². The summed E-state index contributed by atoms with van der Waals surface area (Å²) < 4.78 is 4.57. The molecule has 1 N–H and O–H groups in total. The molecular formula is C21H23NO3. The van der Waals surface area contributed by atoms with Crippen molar-refractivity contribution >= 4 is 18.0 Å². The van der Waals surface area contributed by atoms with Gasteiger partial charge in [-0.1, -0.05) is 48.5 Å². The highest BCUT2D eigenvalue weighted by atomic mass is 16.5. The van der Waals surface area contributed by atoms with Crippen molar-refractivity contribution in [3.8, 4) is 11.1 Å². The second kappa shape index (κ2) is 10.1. The fourth-order valence-corrected chi connectivity index (χ4v) is 2.39. The summed E-state index contributed by atoms with van der Waals surface area (Å²) in [6, 6.07) is 18.2. The molecular weight excluding hydrogens is 314 g/mol. The van der Waals surface area contributed by atoms with Crippen LogP contribution in [0.3, 0.4) is 0 Å². The summed E-state index contributed by atoms with van der Waals surface area (Å²) in [6.07, 6.45) is 5.17. The minimum atomic E-state index is -0.218. The van der Waals surface area contributed by atoms with E-state index >= 15 is 0 Å². The zero-order chi connectivity index (χ0) is 17.9. The molecule has 25 heavy (non-hydrogen) atoms. The van der Waals surface area contributed by atoms with Gasteiger partial charge < -0.3 is 10.1 Å². The number of benzene rings is 2. The van der Waals surface area contributed by atoms with Gasteiger partial charge >= 0.3 is 5.97 Å². The number of rotatable bonds is 8. The normalized spacial score (nSPS) is 10.6. The summed E-state index contributed by atoms with van der Waals surface area (Å²) >= 11 is 0. The van der Waals surface area contributed by atoms with Crippen LogP contribution in [0.5, 0.6) is 0 Å². The van der Waals surface area contributed by atoms with Gasteiger partial charge in [0.25, 0.3) is 0 Å². The lowest BCUT2D eigenvalue weighted by molar-refractivity contribution is -0.140. The number of methoxy groups -OCH3 is 1. The number of amides is 1. The number of carbonyl (C=O) groups excluding carboxylic acids is 2. The second-order valence-corrected chi connectivity index (χ2v) is 5.65. The fourth-order valence-electron chi connectivity index (χ4n) is 2.39. The lowest BCUT2D eigenvalue weighted by Crippen LogP contribution is -2.22. The molecule has 4 heteroatoms. The molecule has 4 nitrogen and oxygen atoms in total. The van der Waals surface area contributed by atoms with Crippen LogP contribution >= 0.6 is 0 Å². The average Bonchev–Trinajstić information content (AvgIpc) is 2.66. The average molecular weight is 337 g/mol. The minimum absolute atomic E-state index is 0.136. The first-order valence-corrected chi connectivity index (χ1v) is 8.37. The molecule has 0 bridgehead atoms. The van der Waals surface area contributed by atoms with E-state index in [0.717, 1.165) is 23.1 Å². The highest BCUT2D eigenvalue weighted by Crippen LogP contribution is 2.20. The van der Waals surface area contributed by atoms with Crippen molar-refractivity contribution in [2.75, 3.05) is 13.7 Å². The summed E-state index contributed by atoms with van der Waals surface area (Å²) in [4.78, 5) is 22.8. The zero-order valence-electron chi connectivity index (χ0n) is 14.4. The Bertz CT molecular complexity index is 723. The summed E-state index contributed by atoms with van der Waals surface area (Å²) in [6.45, 7) is 0.546. The van der Waals surface area contributed by atoms with E-state index in [1.54, 1.807) is 6.08 Å². The molecule has 0 aliphatic rings. The maximum Gasteiger partial charge on any atom is 0.305 e. The molecule has 0 aromatic heterocycles. The van der Waals surface area contributed by atoms with E-state index in [4.69, 9.17) is 0 Å². The molecule has 0 heterocycles. The van der Waals surface area contributed by atoms with Crippen LogP contribution in [0.1, 0.15) is 24.8 Å². The number of nitrogens with one attached hydrogen (secondary N) is 1. The monoisotopic (exact) mass is 337 g/mol. The molecule has 0 saturated heterocycles. The largest absolute Gasteiger partial charge is 0.469 e. The van der Waals surface area contributed by atoms with Crippen molar-refractivity contribution in [1.29, 1.82) is 0 Å². The minimum Gasteiger partial charge on any atom is -0.469 e. The summed E-state index contributed by atoms with van der Waals surface area (Å²) in [5, 5.41) is 2.81. The van der Waals surface area contributed by atoms with Gasteiger partial charge in [-0.3, -0.25) is 9.59 Å². The molecule has 2 aromatic rings. The number of ether oxygens (including phenoxy) is 1. The van der Waals surface area contributed by atoms with Crippen LogP contribution in [0.15, 0.2) is 60.7 Å². The number of hydrogen-bond donors (Lipinski definition) is 1. The van der Waals surface area contributed by atoms with Gasteiger partial charge in [0.2, 0.25) is 5.91 Å². The van der Waals surface area contributed by atoms with Gasteiger partial charge in [-0.05, 0) is 41.7 Å². The van der Waals surface area contributed by atoms with Crippen LogP contribution < -0.4 is 5.32 Å². The Kier molecular flexibility index (Phi) is 7.44. The third-order valence-electron chi connectivity index (χ3n) is 3.76. The smallest absolute Gasteiger partial charge is 0.305 e. The maximum atomic E-state index is 11.8. The third-order valence-corrected chi connectivity index (χ3v) is 3.76. The van der Waals surface area contributed by atoms with Crippen molar-refractivity contribution in [3.63, 3.8) is 0 Å². The Balaban J connectivity index is 1.81. The van der Waals surface area contributed by atoms with Gasteiger partial charge in [-0.25, -0.2) is 0 Å². The van der Waals surface area contributed by atoms with Gasteiger partial charge in [-0.2, -0.15) is 0 Å². The Morgan fingerprint density at radius 1 is 1.00 bits per heavy atom. The Morgan fingerprint density at radius 3 is 2.52 bits per heavy atom. The quantitative estimate of drug-likeness (QED) is 0.452. The molecule has 0 aliphatic carbocycles. The van der Waals surface area contributed by atoms with E-state index in [9.17, 15) is 9.59 Å². The predicted octanol–water partition coefficient (Wildman–Crippen LogP) is 3.83. The van der Waals surface area contributed by atoms with E-state index in [2.05, 4.69) is 28.3 Å². The highest BCUT2D eigenvalue weighted by molar-refractivity contribution is 5.91. The lowest BCUT2D eigenvalue weighted by Gasteiger charge is -2.03. The molecule has 0 atom stereocenters. The molecule has 2 aromatic carbocycles. The van der Waals surface area contributed by atoms with Gasteiger partial charge in [-0.15, -0.1) is 0 Å². The number of unbranched alkanes of at least 4 members (excludes halogenated alkanes) is 1. The molecule has 2 rings (SSSR count). The Morgan fingerprint density at radius 2 is 1.76 bits per heavy atom. The standard InChI is InChI=1S/C21H23NO3/c1-25-21(24)12-5-6-15-22-20(23)14-13-17-8-7-11-19(16-17)18-9-3-2-4-10-18/h2-4,7-11,13-14,16H,5-6,12,15H2,1H3,(H,22,23). The molecule has 0 spiro atoms. The predicted molar refractivity (Wildman–Crippen MR) is 99.8 cm³/mol. The van der Waals surface area contributed by atoms with Gasteiger partial charge in [0.1, 0.15) is 0 Å². The first-order valence-electron chi connectivity index (χ1n) is 8.37. The third kappa shape index (κ3) is 6.63. The van der Waals surface area contributed by atoms with Crippen molar-refractivity contribution in [3.05, 3.63) is 66.2 Å². The summed E-state index contributed by atoms with van der Waals surface area (Å²) in [5.41, 5.74) is 3.24. The summed E-state index contributed by atoms with van der Waals surface area (Å²) in [7, 11) is 1.38. The van der Waals surface area contributed by atoms with Crippen molar-refractivity contribution in [2.45, 2.75) is 19.3 Å². The lowest BCUT2D eigenvalue weighted by atomic mass is 10.0. The molecule has 0 radical (unpaired) electrons. The van der Waals surface area contributed by atoms with E-state index in [1.807, 2.05) is 36.4 Å². The molecule has 130 valence electrons. The number of hydrogen-bond acceptors (Lipinski definition) is 3. The van der Waals surface area contributed by atoms with Crippen molar-refractivity contribution in [2.24, 2.45) is 0 Å². The molecule has 0 fully saturated rings. The molecule has 0 unspecified atom stereocenters. The zero-order valence-corrected chi connectivity index (χ0v) is 14.4. The highest BCUT2D eigenvalue weighted by Gasteiger charge is 2.01. The molecule has 0 aliphatic heterocycles. The SMILES string of the molecule is COC(=O)CCCCNC(=O)C=Cc1cccc(-c2ccccc2)c1. The van der Waals surface area contributed by atoms with Gasteiger partial charge in [0.15, 0.2) is 0 Å². The van der Waals surface area contributed by atoms with E-state index in [-0.39, 0.29) is 11.9 Å². The van der Waals surface area contributed by atoms with Gasteiger partial charge in [0, 0.05) is 19.0 Å². The van der Waals surface area contributed by atoms with Crippen molar-refractivity contribution in [1.82, 2.24) is 5.32 Å². The first-order chi connectivity index (χ1) is 12.2. The number of carbonyl (C=O) groups is 2.